The molecule has 5 nitrogen and oxygen atoms in total. The minimum absolute atomic E-state index is 0.101. The standard InChI is InChI=1S/C15H23N3O2/c1-4-5-11(2)8-12(3)6-7-16-15-17-9-13(10-18-15)14(19)20/h4-5,9-12H,6-8H2,1-3H3,(H,19,20)(H,16,17,18). The molecule has 110 valence electrons. The number of nitrogens with one attached hydrogen (secondary N) is 1. The van der Waals surface area contributed by atoms with Crippen LogP contribution >= 0.6 is 0 Å². The molecule has 0 aromatic carbocycles. The number of hydrogen-bond acceptors (Lipinski definition) is 4. The van der Waals surface area contributed by atoms with E-state index in [0.717, 1.165) is 19.4 Å². The Hall–Kier alpha value is -1.91. The zero-order valence-corrected chi connectivity index (χ0v) is 12.3. The van der Waals surface area contributed by atoms with Gasteiger partial charge in [0.05, 0.1) is 5.56 Å². The predicted molar refractivity (Wildman–Crippen MR) is 79.9 cm³/mol. The number of carboxylic acid groups (broad SMARTS) is 1. The Morgan fingerprint density at radius 2 is 2.05 bits per heavy atom. The molecular formula is C15H23N3O2. The number of allylic oxidation sites excluding steroid dienone is 2. The van der Waals surface area contributed by atoms with Crippen LogP contribution in [0.5, 0.6) is 0 Å². The molecule has 0 aliphatic carbocycles. The van der Waals surface area contributed by atoms with Gasteiger partial charge in [0.25, 0.3) is 0 Å². The van der Waals surface area contributed by atoms with Gasteiger partial charge in [0, 0.05) is 18.9 Å². The molecule has 0 radical (unpaired) electrons. The summed E-state index contributed by atoms with van der Waals surface area (Å²) in [4.78, 5) is 18.6. The summed E-state index contributed by atoms with van der Waals surface area (Å²) < 4.78 is 0. The second kappa shape index (κ2) is 8.30. The highest BCUT2D eigenvalue weighted by Crippen LogP contribution is 2.16. The highest BCUT2D eigenvalue weighted by molar-refractivity contribution is 5.86. The van der Waals surface area contributed by atoms with Gasteiger partial charge in [-0.2, -0.15) is 0 Å². The van der Waals surface area contributed by atoms with Crippen LogP contribution in [0.25, 0.3) is 0 Å². The van der Waals surface area contributed by atoms with E-state index in [1.165, 1.54) is 12.4 Å². The topological polar surface area (TPSA) is 75.1 Å². The van der Waals surface area contributed by atoms with Gasteiger partial charge in [-0.15, -0.1) is 0 Å². The van der Waals surface area contributed by atoms with Gasteiger partial charge in [0.15, 0.2) is 0 Å². The van der Waals surface area contributed by atoms with Gasteiger partial charge in [0.2, 0.25) is 5.95 Å². The van der Waals surface area contributed by atoms with Crippen LogP contribution in [0.3, 0.4) is 0 Å². The summed E-state index contributed by atoms with van der Waals surface area (Å²) in [5.74, 6) is 0.680. The molecule has 1 rings (SSSR count). The zero-order valence-electron chi connectivity index (χ0n) is 12.3. The highest BCUT2D eigenvalue weighted by atomic mass is 16.4. The molecule has 0 bridgehead atoms. The number of aromatic nitrogens is 2. The van der Waals surface area contributed by atoms with E-state index < -0.39 is 5.97 Å². The second-order valence-electron chi connectivity index (χ2n) is 5.16. The Kier molecular flexibility index (Phi) is 6.70. The van der Waals surface area contributed by atoms with E-state index in [-0.39, 0.29) is 5.56 Å². The minimum atomic E-state index is -1.01. The monoisotopic (exact) mass is 277 g/mol. The lowest BCUT2D eigenvalue weighted by atomic mass is 9.94. The van der Waals surface area contributed by atoms with E-state index in [0.29, 0.717) is 17.8 Å². The summed E-state index contributed by atoms with van der Waals surface area (Å²) >= 11 is 0. The van der Waals surface area contributed by atoms with E-state index in [4.69, 9.17) is 5.11 Å². The minimum Gasteiger partial charge on any atom is -0.478 e. The molecule has 0 saturated carbocycles. The average Bonchev–Trinajstić information content (AvgIpc) is 2.39. The maximum atomic E-state index is 10.7. The van der Waals surface area contributed by atoms with E-state index in [2.05, 4.69) is 41.3 Å². The molecule has 20 heavy (non-hydrogen) atoms. The quantitative estimate of drug-likeness (QED) is 0.714. The molecule has 0 aliphatic heterocycles. The summed E-state index contributed by atoms with van der Waals surface area (Å²) in [6, 6.07) is 0. The fourth-order valence-electron chi connectivity index (χ4n) is 2.12. The number of carbonyl (C=O) groups is 1. The summed E-state index contributed by atoms with van der Waals surface area (Å²) in [6.07, 6.45) is 9.13. The van der Waals surface area contributed by atoms with Crippen LogP contribution in [0, 0.1) is 11.8 Å². The van der Waals surface area contributed by atoms with Gasteiger partial charge in [-0.1, -0.05) is 26.0 Å². The Balaban J connectivity index is 2.31. The Bertz CT molecular complexity index is 443. The molecule has 0 fully saturated rings. The van der Waals surface area contributed by atoms with Crippen molar-refractivity contribution in [3.8, 4) is 0 Å². The van der Waals surface area contributed by atoms with Gasteiger partial charge in [-0.05, 0) is 31.6 Å². The number of anilines is 1. The lowest BCUT2D eigenvalue weighted by Crippen LogP contribution is -2.11. The van der Waals surface area contributed by atoms with Gasteiger partial charge < -0.3 is 10.4 Å². The molecule has 1 aromatic heterocycles. The summed E-state index contributed by atoms with van der Waals surface area (Å²) in [5.41, 5.74) is 0.101. The fourth-order valence-corrected chi connectivity index (χ4v) is 2.12. The van der Waals surface area contributed by atoms with Crippen molar-refractivity contribution in [1.29, 1.82) is 0 Å². The molecule has 2 N–H and O–H groups in total. The SMILES string of the molecule is CC=CC(C)CC(C)CCNc1ncc(C(=O)O)cn1. The Morgan fingerprint density at radius 1 is 1.40 bits per heavy atom. The number of hydrogen-bond donors (Lipinski definition) is 2. The molecule has 0 amide bonds. The fraction of sp³-hybridized carbons (Fsp3) is 0.533. The number of rotatable bonds is 8. The van der Waals surface area contributed by atoms with Crippen LogP contribution in [-0.4, -0.2) is 27.6 Å². The van der Waals surface area contributed by atoms with Crippen LogP contribution in [0.4, 0.5) is 5.95 Å². The second-order valence-corrected chi connectivity index (χ2v) is 5.16. The third-order valence-electron chi connectivity index (χ3n) is 3.11. The van der Waals surface area contributed by atoms with Crippen LogP contribution in [0.15, 0.2) is 24.5 Å². The predicted octanol–water partition coefficient (Wildman–Crippen LogP) is 3.22. The third-order valence-corrected chi connectivity index (χ3v) is 3.11. The zero-order chi connectivity index (χ0) is 15.0. The van der Waals surface area contributed by atoms with Crippen molar-refractivity contribution < 1.29 is 9.90 Å². The first-order chi connectivity index (χ1) is 9.52. The molecule has 1 heterocycles. The first-order valence-electron chi connectivity index (χ1n) is 6.95. The van der Waals surface area contributed by atoms with Crippen molar-refractivity contribution in [2.75, 3.05) is 11.9 Å². The summed E-state index contributed by atoms with van der Waals surface area (Å²) in [6.45, 7) is 7.28. The molecule has 2 unspecified atom stereocenters. The number of nitrogens with zero attached hydrogens (tertiary/aromatic N) is 2. The van der Waals surface area contributed by atoms with Crippen LogP contribution < -0.4 is 5.32 Å². The van der Waals surface area contributed by atoms with Crippen molar-refractivity contribution >= 4 is 11.9 Å². The third kappa shape index (κ3) is 5.82. The molecular weight excluding hydrogens is 254 g/mol. The lowest BCUT2D eigenvalue weighted by Gasteiger charge is -2.14. The Morgan fingerprint density at radius 3 is 2.60 bits per heavy atom. The van der Waals surface area contributed by atoms with Crippen LogP contribution in [0.2, 0.25) is 0 Å². The molecule has 1 aromatic rings. The molecule has 0 aliphatic rings. The summed E-state index contributed by atoms with van der Waals surface area (Å²) in [7, 11) is 0. The normalized spacial score (nSPS) is 14.2. The number of carboxylic acids is 1. The van der Waals surface area contributed by atoms with Crippen molar-refractivity contribution in [2.24, 2.45) is 11.8 Å². The smallest absolute Gasteiger partial charge is 0.338 e. The van der Waals surface area contributed by atoms with E-state index in [1.807, 2.05) is 6.92 Å². The highest BCUT2D eigenvalue weighted by Gasteiger charge is 2.07. The van der Waals surface area contributed by atoms with E-state index >= 15 is 0 Å². The van der Waals surface area contributed by atoms with Crippen molar-refractivity contribution in [1.82, 2.24) is 9.97 Å². The number of aromatic carboxylic acids is 1. The van der Waals surface area contributed by atoms with E-state index in [9.17, 15) is 4.79 Å². The molecule has 5 heteroatoms. The maximum Gasteiger partial charge on any atom is 0.338 e. The maximum absolute atomic E-state index is 10.7. The molecule has 2 atom stereocenters. The Labute approximate surface area is 120 Å². The average molecular weight is 277 g/mol. The first kappa shape index (κ1) is 16.1. The van der Waals surface area contributed by atoms with Crippen LogP contribution in [-0.2, 0) is 0 Å². The van der Waals surface area contributed by atoms with E-state index in [1.54, 1.807) is 0 Å². The molecule has 0 spiro atoms. The van der Waals surface area contributed by atoms with Gasteiger partial charge in [-0.25, -0.2) is 14.8 Å². The van der Waals surface area contributed by atoms with Crippen LogP contribution in [0.1, 0.15) is 44.0 Å². The van der Waals surface area contributed by atoms with Gasteiger partial charge in [-0.3, -0.25) is 0 Å². The lowest BCUT2D eigenvalue weighted by molar-refractivity contribution is 0.0696. The van der Waals surface area contributed by atoms with Gasteiger partial charge >= 0.3 is 5.97 Å². The van der Waals surface area contributed by atoms with Crippen molar-refractivity contribution in [3.63, 3.8) is 0 Å². The van der Waals surface area contributed by atoms with Crippen molar-refractivity contribution in [2.45, 2.75) is 33.6 Å². The van der Waals surface area contributed by atoms with Gasteiger partial charge in [0.1, 0.15) is 0 Å². The first-order valence-corrected chi connectivity index (χ1v) is 6.95. The summed E-state index contributed by atoms with van der Waals surface area (Å²) in [5, 5.41) is 11.9. The molecule has 0 saturated heterocycles. The van der Waals surface area contributed by atoms with Crippen molar-refractivity contribution in [3.05, 3.63) is 30.1 Å². The largest absolute Gasteiger partial charge is 0.478 e.